The van der Waals surface area contributed by atoms with Gasteiger partial charge in [0.15, 0.2) is 0 Å². The first kappa shape index (κ1) is 22.4. The number of morpholine rings is 1. The number of hydrogen-bond donors (Lipinski definition) is 2. The van der Waals surface area contributed by atoms with Crippen molar-refractivity contribution in [2.45, 2.75) is 13.0 Å². The standard InChI is InChI=1S/C26H27N3O4/c1-18(19-2-8-22(9-3-19)29-14-16-32-17-15-29)28-26(31)21-6-12-24(13-7-21)33-23-10-4-20(5-11-23)25(27)30/h2-13,18H,14-17H2,1H3,(H2,27,30)(H,28,31). The molecule has 0 saturated carbocycles. The van der Waals surface area contributed by atoms with Crippen molar-refractivity contribution in [3.05, 3.63) is 89.5 Å². The number of carbonyl (C=O) groups excluding carboxylic acids is 2. The molecule has 1 unspecified atom stereocenters. The lowest BCUT2D eigenvalue weighted by Crippen LogP contribution is -2.36. The van der Waals surface area contributed by atoms with Gasteiger partial charge < -0.3 is 25.4 Å². The molecule has 0 spiro atoms. The van der Waals surface area contributed by atoms with Gasteiger partial charge in [0.2, 0.25) is 5.91 Å². The van der Waals surface area contributed by atoms with Crippen molar-refractivity contribution in [3.63, 3.8) is 0 Å². The molecule has 4 rings (SSSR count). The van der Waals surface area contributed by atoms with Gasteiger partial charge in [0.1, 0.15) is 11.5 Å². The minimum Gasteiger partial charge on any atom is -0.457 e. The molecule has 7 heteroatoms. The zero-order valence-corrected chi connectivity index (χ0v) is 18.5. The van der Waals surface area contributed by atoms with E-state index in [2.05, 4.69) is 34.5 Å². The van der Waals surface area contributed by atoms with Crippen LogP contribution in [0.5, 0.6) is 11.5 Å². The van der Waals surface area contributed by atoms with Crippen LogP contribution >= 0.6 is 0 Å². The maximum absolute atomic E-state index is 12.7. The van der Waals surface area contributed by atoms with E-state index >= 15 is 0 Å². The van der Waals surface area contributed by atoms with Gasteiger partial charge in [0.25, 0.3) is 5.91 Å². The first-order valence-electron chi connectivity index (χ1n) is 10.9. The van der Waals surface area contributed by atoms with Crippen LogP contribution in [-0.2, 0) is 4.74 Å². The number of rotatable bonds is 7. The summed E-state index contributed by atoms with van der Waals surface area (Å²) < 4.78 is 11.2. The van der Waals surface area contributed by atoms with Crippen molar-refractivity contribution >= 4 is 17.5 Å². The Balaban J connectivity index is 1.33. The van der Waals surface area contributed by atoms with Crippen LogP contribution in [0.3, 0.4) is 0 Å². The number of nitrogens with two attached hydrogens (primary N) is 1. The number of nitrogens with zero attached hydrogens (tertiary/aromatic N) is 1. The van der Waals surface area contributed by atoms with Gasteiger partial charge in [-0.25, -0.2) is 0 Å². The predicted octanol–water partition coefficient (Wildman–Crippen LogP) is 3.91. The lowest BCUT2D eigenvalue weighted by molar-refractivity contribution is 0.0938. The highest BCUT2D eigenvalue weighted by atomic mass is 16.5. The molecule has 0 aliphatic carbocycles. The van der Waals surface area contributed by atoms with Gasteiger partial charge in [-0.2, -0.15) is 0 Å². The van der Waals surface area contributed by atoms with Crippen LogP contribution < -0.4 is 20.7 Å². The smallest absolute Gasteiger partial charge is 0.251 e. The van der Waals surface area contributed by atoms with Crippen molar-refractivity contribution in [2.75, 3.05) is 31.2 Å². The second-order valence-corrected chi connectivity index (χ2v) is 7.90. The summed E-state index contributed by atoms with van der Waals surface area (Å²) in [6, 6.07) is 21.6. The monoisotopic (exact) mass is 445 g/mol. The Bertz CT molecular complexity index is 1090. The highest BCUT2D eigenvalue weighted by Gasteiger charge is 2.14. The average Bonchev–Trinajstić information content (AvgIpc) is 2.85. The summed E-state index contributed by atoms with van der Waals surface area (Å²) in [7, 11) is 0. The van der Waals surface area contributed by atoms with Crippen LogP contribution in [-0.4, -0.2) is 38.1 Å². The Morgan fingerprint density at radius 2 is 1.42 bits per heavy atom. The van der Waals surface area contributed by atoms with Gasteiger partial charge in [-0.3, -0.25) is 9.59 Å². The maximum atomic E-state index is 12.7. The van der Waals surface area contributed by atoms with E-state index in [0.29, 0.717) is 22.6 Å². The number of carbonyl (C=O) groups is 2. The van der Waals surface area contributed by atoms with E-state index in [0.717, 1.165) is 31.9 Å². The second-order valence-electron chi connectivity index (χ2n) is 7.90. The lowest BCUT2D eigenvalue weighted by Gasteiger charge is -2.29. The quantitative estimate of drug-likeness (QED) is 0.575. The summed E-state index contributed by atoms with van der Waals surface area (Å²) in [5.74, 6) is 0.521. The third-order valence-corrected chi connectivity index (χ3v) is 5.61. The molecule has 1 aliphatic heterocycles. The summed E-state index contributed by atoms with van der Waals surface area (Å²) in [5, 5.41) is 3.04. The van der Waals surface area contributed by atoms with E-state index in [4.69, 9.17) is 15.2 Å². The van der Waals surface area contributed by atoms with Gasteiger partial charge in [-0.15, -0.1) is 0 Å². The number of benzene rings is 3. The van der Waals surface area contributed by atoms with E-state index in [1.807, 2.05) is 6.92 Å². The first-order chi connectivity index (χ1) is 16.0. The molecule has 170 valence electrons. The molecule has 3 N–H and O–H groups in total. The minimum atomic E-state index is -0.487. The Labute approximate surface area is 193 Å². The number of hydrogen-bond acceptors (Lipinski definition) is 5. The molecule has 33 heavy (non-hydrogen) atoms. The molecule has 1 fully saturated rings. The SMILES string of the molecule is CC(NC(=O)c1ccc(Oc2ccc(C(N)=O)cc2)cc1)c1ccc(N2CCOCC2)cc1. The Morgan fingerprint density at radius 1 is 0.879 bits per heavy atom. The van der Waals surface area contributed by atoms with Crippen LogP contribution in [0.1, 0.15) is 39.2 Å². The summed E-state index contributed by atoms with van der Waals surface area (Å²) in [6.45, 7) is 5.25. The highest BCUT2D eigenvalue weighted by Crippen LogP contribution is 2.23. The molecular formula is C26H27N3O4. The normalized spacial score (nSPS) is 14.4. The summed E-state index contributed by atoms with van der Waals surface area (Å²) in [6.07, 6.45) is 0. The summed E-state index contributed by atoms with van der Waals surface area (Å²) in [5.41, 5.74) is 8.42. The molecule has 2 amide bonds. The number of anilines is 1. The van der Waals surface area contributed by atoms with E-state index in [9.17, 15) is 9.59 Å². The Morgan fingerprint density at radius 3 is 1.97 bits per heavy atom. The zero-order valence-electron chi connectivity index (χ0n) is 18.5. The van der Waals surface area contributed by atoms with E-state index in [-0.39, 0.29) is 11.9 Å². The van der Waals surface area contributed by atoms with Crippen LogP contribution in [0, 0.1) is 0 Å². The molecule has 1 aliphatic rings. The fraction of sp³-hybridized carbons (Fsp3) is 0.231. The second kappa shape index (κ2) is 10.2. The molecule has 0 aromatic heterocycles. The topological polar surface area (TPSA) is 93.9 Å². The van der Waals surface area contributed by atoms with Gasteiger partial charge in [-0.1, -0.05) is 12.1 Å². The summed E-state index contributed by atoms with van der Waals surface area (Å²) in [4.78, 5) is 26.2. The van der Waals surface area contributed by atoms with Crippen molar-refractivity contribution < 1.29 is 19.1 Å². The maximum Gasteiger partial charge on any atom is 0.251 e. The van der Waals surface area contributed by atoms with Crippen molar-refractivity contribution in [2.24, 2.45) is 5.73 Å². The number of nitrogens with one attached hydrogen (secondary N) is 1. The molecule has 7 nitrogen and oxygen atoms in total. The number of amides is 2. The molecule has 0 radical (unpaired) electrons. The fourth-order valence-corrected chi connectivity index (χ4v) is 3.66. The molecule has 1 saturated heterocycles. The van der Waals surface area contributed by atoms with Crippen molar-refractivity contribution in [1.29, 1.82) is 0 Å². The molecule has 3 aromatic rings. The third-order valence-electron chi connectivity index (χ3n) is 5.61. The molecule has 0 bridgehead atoms. The predicted molar refractivity (Wildman–Crippen MR) is 127 cm³/mol. The van der Waals surface area contributed by atoms with Crippen molar-refractivity contribution in [3.8, 4) is 11.5 Å². The zero-order chi connectivity index (χ0) is 23.2. The van der Waals surface area contributed by atoms with E-state index in [1.165, 1.54) is 5.69 Å². The fourth-order valence-electron chi connectivity index (χ4n) is 3.66. The van der Waals surface area contributed by atoms with Gasteiger partial charge in [-0.05, 0) is 73.2 Å². The number of ether oxygens (including phenoxy) is 2. The molecule has 1 heterocycles. The number of primary amides is 1. The average molecular weight is 446 g/mol. The highest BCUT2D eigenvalue weighted by molar-refractivity contribution is 5.94. The van der Waals surface area contributed by atoms with Gasteiger partial charge >= 0.3 is 0 Å². The van der Waals surface area contributed by atoms with Crippen LogP contribution in [0.2, 0.25) is 0 Å². The van der Waals surface area contributed by atoms with E-state index in [1.54, 1.807) is 48.5 Å². The molecular weight excluding hydrogens is 418 g/mol. The Hall–Kier alpha value is -3.84. The largest absolute Gasteiger partial charge is 0.457 e. The first-order valence-corrected chi connectivity index (χ1v) is 10.9. The molecule has 3 aromatic carbocycles. The van der Waals surface area contributed by atoms with Crippen LogP contribution in [0.4, 0.5) is 5.69 Å². The molecule has 1 atom stereocenters. The Kier molecular flexibility index (Phi) is 6.90. The lowest BCUT2D eigenvalue weighted by atomic mass is 10.1. The summed E-state index contributed by atoms with van der Waals surface area (Å²) >= 11 is 0. The van der Waals surface area contributed by atoms with Gasteiger partial charge in [0, 0.05) is 29.9 Å². The van der Waals surface area contributed by atoms with Crippen molar-refractivity contribution in [1.82, 2.24) is 5.32 Å². The minimum absolute atomic E-state index is 0.129. The van der Waals surface area contributed by atoms with Gasteiger partial charge in [0.05, 0.1) is 19.3 Å². The third kappa shape index (κ3) is 5.70. The van der Waals surface area contributed by atoms with Crippen LogP contribution in [0.25, 0.3) is 0 Å². The van der Waals surface area contributed by atoms with Crippen LogP contribution in [0.15, 0.2) is 72.8 Å². The van der Waals surface area contributed by atoms with E-state index < -0.39 is 5.91 Å².